The van der Waals surface area contributed by atoms with Crippen molar-refractivity contribution in [2.24, 2.45) is 5.73 Å². The topological polar surface area (TPSA) is 84.7 Å². The van der Waals surface area contributed by atoms with Crippen molar-refractivity contribution < 1.29 is 13.2 Å². The van der Waals surface area contributed by atoms with Crippen molar-refractivity contribution in [1.82, 2.24) is 9.62 Å². The molecule has 0 saturated carbocycles. The van der Waals surface area contributed by atoms with E-state index in [1.54, 1.807) is 13.2 Å². The van der Waals surface area contributed by atoms with Crippen LogP contribution in [0.15, 0.2) is 24.3 Å². The summed E-state index contributed by atoms with van der Waals surface area (Å²) in [4.78, 5) is 2.01. The van der Waals surface area contributed by atoms with Gasteiger partial charge in [0.25, 0.3) is 0 Å². The molecule has 0 aliphatic carbocycles. The first kappa shape index (κ1) is 18.1. The fourth-order valence-electron chi connectivity index (χ4n) is 1.87. The first-order chi connectivity index (χ1) is 9.96. The van der Waals surface area contributed by atoms with E-state index in [1.165, 1.54) is 0 Å². The minimum absolute atomic E-state index is 0.0252. The maximum Gasteiger partial charge on any atom is 0.215 e. The Morgan fingerprint density at radius 3 is 2.67 bits per heavy atom. The molecule has 0 unspecified atom stereocenters. The second kappa shape index (κ2) is 9.11. The summed E-state index contributed by atoms with van der Waals surface area (Å²) < 4.78 is 31.6. The van der Waals surface area contributed by atoms with E-state index in [0.29, 0.717) is 26.2 Å². The minimum Gasteiger partial charge on any atom is -0.383 e. The number of nitrogens with two attached hydrogens (primary N) is 1. The summed E-state index contributed by atoms with van der Waals surface area (Å²) in [5.74, 6) is -0.0252. The van der Waals surface area contributed by atoms with Crippen molar-refractivity contribution in [3.05, 3.63) is 35.4 Å². The van der Waals surface area contributed by atoms with Gasteiger partial charge in [0.2, 0.25) is 10.0 Å². The maximum absolute atomic E-state index is 12.0. The van der Waals surface area contributed by atoms with Crippen molar-refractivity contribution in [3.63, 3.8) is 0 Å². The quantitative estimate of drug-likeness (QED) is 0.642. The van der Waals surface area contributed by atoms with E-state index >= 15 is 0 Å². The number of nitrogens with one attached hydrogen (secondary N) is 1. The smallest absolute Gasteiger partial charge is 0.215 e. The lowest BCUT2D eigenvalue weighted by Crippen LogP contribution is -2.34. The third kappa shape index (κ3) is 7.54. The number of sulfonamides is 1. The molecule has 0 aliphatic rings. The molecule has 0 atom stereocenters. The molecule has 21 heavy (non-hydrogen) atoms. The summed E-state index contributed by atoms with van der Waals surface area (Å²) in [6.45, 7) is 2.85. The zero-order valence-corrected chi connectivity index (χ0v) is 13.5. The predicted octanol–water partition coefficient (Wildman–Crippen LogP) is 0.143. The van der Waals surface area contributed by atoms with Gasteiger partial charge < -0.3 is 15.4 Å². The highest BCUT2D eigenvalue weighted by molar-refractivity contribution is 7.88. The molecule has 7 heteroatoms. The summed E-state index contributed by atoms with van der Waals surface area (Å²) in [6, 6.07) is 7.33. The Balaban J connectivity index is 2.43. The molecule has 6 nitrogen and oxygen atoms in total. The predicted molar refractivity (Wildman–Crippen MR) is 84.3 cm³/mol. The van der Waals surface area contributed by atoms with E-state index in [0.717, 1.165) is 17.7 Å². The molecule has 0 heterocycles. The van der Waals surface area contributed by atoms with Crippen LogP contribution in [-0.2, 0) is 27.1 Å². The molecule has 1 aromatic carbocycles. The fraction of sp³-hybridized carbons (Fsp3) is 0.571. The SMILES string of the molecule is COCCN(C)CCNS(=O)(=O)Cc1cccc(CN)c1. The van der Waals surface area contributed by atoms with E-state index in [-0.39, 0.29) is 5.75 Å². The van der Waals surface area contributed by atoms with Crippen LogP contribution >= 0.6 is 0 Å². The molecular weight excluding hydrogens is 290 g/mol. The molecule has 0 aromatic heterocycles. The molecule has 1 rings (SSSR count). The molecule has 120 valence electrons. The van der Waals surface area contributed by atoms with Crippen LogP contribution in [0.3, 0.4) is 0 Å². The number of benzene rings is 1. The van der Waals surface area contributed by atoms with Crippen LogP contribution in [0.5, 0.6) is 0 Å². The monoisotopic (exact) mass is 315 g/mol. The van der Waals surface area contributed by atoms with Gasteiger partial charge in [0.1, 0.15) is 0 Å². The third-order valence-electron chi connectivity index (χ3n) is 3.08. The molecule has 0 radical (unpaired) electrons. The Morgan fingerprint density at radius 2 is 2.00 bits per heavy atom. The molecule has 0 amide bonds. The Hall–Kier alpha value is -0.990. The van der Waals surface area contributed by atoms with Crippen LogP contribution in [0.2, 0.25) is 0 Å². The van der Waals surface area contributed by atoms with E-state index in [9.17, 15) is 8.42 Å². The van der Waals surface area contributed by atoms with Crippen molar-refractivity contribution in [2.75, 3.05) is 40.4 Å². The lowest BCUT2D eigenvalue weighted by atomic mass is 10.1. The highest BCUT2D eigenvalue weighted by Gasteiger charge is 2.11. The number of nitrogens with zero attached hydrogens (tertiary/aromatic N) is 1. The van der Waals surface area contributed by atoms with Crippen LogP contribution in [0, 0.1) is 0 Å². The highest BCUT2D eigenvalue weighted by atomic mass is 32.2. The summed E-state index contributed by atoms with van der Waals surface area (Å²) in [6.07, 6.45) is 0. The second-order valence-corrected chi connectivity index (χ2v) is 6.78. The van der Waals surface area contributed by atoms with E-state index in [1.807, 2.05) is 30.1 Å². The first-order valence-corrected chi connectivity index (χ1v) is 8.55. The van der Waals surface area contributed by atoms with E-state index in [4.69, 9.17) is 10.5 Å². The van der Waals surface area contributed by atoms with E-state index < -0.39 is 10.0 Å². The van der Waals surface area contributed by atoms with Gasteiger partial charge in [-0.1, -0.05) is 24.3 Å². The number of likely N-dealkylation sites (N-methyl/N-ethyl adjacent to an activating group) is 1. The molecule has 3 N–H and O–H groups in total. The van der Waals surface area contributed by atoms with Gasteiger partial charge in [0, 0.05) is 33.3 Å². The zero-order valence-electron chi connectivity index (χ0n) is 12.7. The number of ether oxygens (including phenoxy) is 1. The Labute approximate surface area is 127 Å². The van der Waals surface area contributed by atoms with Gasteiger partial charge in [-0.3, -0.25) is 0 Å². The van der Waals surface area contributed by atoms with Gasteiger partial charge >= 0.3 is 0 Å². The zero-order chi connectivity index (χ0) is 15.7. The van der Waals surface area contributed by atoms with Gasteiger partial charge in [-0.2, -0.15) is 0 Å². The van der Waals surface area contributed by atoms with Gasteiger partial charge in [-0.15, -0.1) is 0 Å². The van der Waals surface area contributed by atoms with Crippen LogP contribution in [0.1, 0.15) is 11.1 Å². The average molecular weight is 315 g/mol. The number of hydrogen-bond acceptors (Lipinski definition) is 5. The largest absolute Gasteiger partial charge is 0.383 e. The van der Waals surface area contributed by atoms with E-state index in [2.05, 4.69) is 4.72 Å². The molecule has 0 fully saturated rings. The third-order valence-corrected chi connectivity index (χ3v) is 4.43. The number of hydrogen-bond donors (Lipinski definition) is 2. The summed E-state index contributed by atoms with van der Waals surface area (Å²) in [5.41, 5.74) is 7.24. The molecule has 0 spiro atoms. The Bertz CT molecular complexity index is 520. The molecule has 1 aromatic rings. The first-order valence-electron chi connectivity index (χ1n) is 6.89. The number of rotatable bonds is 10. The summed E-state index contributed by atoms with van der Waals surface area (Å²) >= 11 is 0. The lowest BCUT2D eigenvalue weighted by Gasteiger charge is -2.16. The van der Waals surface area contributed by atoms with Crippen molar-refractivity contribution in [2.45, 2.75) is 12.3 Å². The fourth-order valence-corrected chi connectivity index (χ4v) is 2.99. The van der Waals surface area contributed by atoms with Crippen LogP contribution in [-0.4, -0.2) is 53.7 Å². The van der Waals surface area contributed by atoms with Crippen LogP contribution < -0.4 is 10.5 Å². The van der Waals surface area contributed by atoms with Gasteiger partial charge in [-0.25, -0.2) is 13.1 Å². The van der Waals surface area contributed by atoms with Crippen LogP contribution in [0.4, 0.5) is 0 Å². The summed E-state index contributed by atoms with van der Waals surface area (Å²) in [7, 11) is 0.249. The molecular formula is C14H25N3O3S. The second-order valence-electron chi connectivity index (χ2n) is 4.97. The molecule has 0 aliphatic heterocycles. The van der Waals surface area contributed by atoms with Crippen LogP contribution in [0.25, 0.3) is 0 Å². The number of methoxy groups -OCH3 is 1. The van der Waals surface area contributed by atoms with Gasteiger partial charge in [0.05, 0.1) is 12.4 Å². The van der Waals surface area contributed by atoms with Crippen molar-refractivity contribution >= 4 is 10.0 Å². The normalized spacial score (nSPS) is 12.0. The molecule has 0 saturated heterocycles. The van der Waals surface area contributed by atoms with Crippen molar-refractivity contribution in [1.29, 1.82) is 0 Å². The maximum atomic E-state index is 12.0. The lowest BCUT2D eigenvalue weighted by molar-refractivity contribution is 0.162. The minimum atomic E-state index is -3.32. The Morgan fingerprint density at radius 1 is 1.29 bits per heavy atom. The molecule has 0 bridgehead atoms. The summed E-state index contributed by atoms with van der Waals surface area (Å²) in [5, 5.41) is 0. The van der Waals surface area contributed by atoms with Gasteiger partial charge in [0.15, 0.2) is 0 Å². The van der Waals surface area contributed by atoms with Crippen molar-refractivity contribution in [3.8, 4) is 0 Å². The van der Waals surface area contributed by atoms with Gasteiger partial charge in [-0.05, 0) is 18.2 Å². The average Bonchev–Trinajstić information content (AvgIpc) is 2.44. The Kier molecular flexibility index (Phi) is 7.84. The standard InChI is InChI=1S/C14H25N3O3S/c1-17(8-9-20-2)7-6-16-21(18,19)12-14-5-3-4-13(10-14)11-15/h3-5,10,16H,6-9,11-12,15H2,1-2H3. The highest BCUT2D eigenvalue weighted by Crippen LogP contribution is 2.08.